The Bertz CT molecular complexity index is 265. The molecule has 0 saturated heterocycles. The number of hydrogen-bond donors (Lipinski definition) is 2. The fraction of sp³-hybridized carbons (Fsp3) is 0.667. The van der Waals surface area contributed by atoms with Crippen LogP contribution in [0, 0.1) is 0 Å². The molecular weight excluding hydrogens is 158 g/mol. The van der Waals surface area contributed by atoms with Gasteiger partial charge in [0.05, 0.1) is 6.42 Å². The third kappa shape index (κ3) is 1.77. The molecule has 12 heavy (non-hydrogen) atoms. The minimum absolute atomic E-state index is 0.0288. The third-order valence-corrected chi connectivity index (χ3v) is 1.65. The lowest BCUT2D eigenvalue weighted by Gasteiger charge is -1.98. The van der Waals surface area contributed by atoms with E-state index in [4.69, 9.17) is 0 Å². The Kier molecular flexibility index (Phi) is 1.73. The largest absolute Gasteiger partial charge is 0.353 e. The molecule has 0 aliphatic heterocycles. The minimum Gasteiger partial charge on any atom is -0.353 e. The standard InChI is InChI=1S/C6H9N5O/c12-6(7-4-1-2-4)3-5-8-10-11-9-5/h4H,1-3H2,(H,7,12)(H,8,9,10,11). The maximum Gasteiger partial charge on any atom is 0.228 e. The van der Waals surface area contributed by atoms with E-state index in [0.29, 0.717) is 11.9 Å². The number of nitrogens with zero attached hydrogens (tertiary/aromatic N) is 3. The van der Waals surface area contributed by atoms with Crippen molar-refractivity contribution in [1.29, 1.82) is 0 Å². The Labute approximate surface area is 68.7 Å². The number of amides is 1. The number of H-pyrrole nitrogens is 1. The molecule has 2 rings (SSSR count). The first-order valence-corrected chi connectivity index (χ1v) is 3.86. The molecule has 0 spiro atoms. The first kappa shape index (κ1) is 7.20. The van der Waals surface area contributed by atoms with Gasteiger partial charge in [0, 0.05) is 6.04 Å². The van der Waals surface area contributed by atoms with Crippen molar-refractivity contribution in [3.8, 4) is 0 Å². The summed E-state index contributed by atoms with van der Waals surface area (Å²) in [4.78, 5) is 11.1. The summed E-state index contributed by atoms with van der Waals surface area (Å²) in [5.41, 5.74) is 0. The first-order valence-electron chi connectivity index (χ1n) is 3.86. The number of hydrogen-bond acceptors (Lipinski definition) is 4. The van der Waals surface area contributed by atoms with Crippen molar-refractivity contribution < 1.29 is 4.79 Å². The monoisotopic (exact) mass is 167 g/mol. The number of rotatable bonds is 3. The molecule has 1 aliphatic rings. The predicted molar refractivity (Wildman–Crippen MR) is 39.0 cm³/mol. The van der Waals surface area contributed by atoms with Gasteiger partial charge in [0.2, 0.25) is 5.91 Å². The van der Waals surface area contributed by atoms with Gasteiger partial charge in [-0.25, -0.2) is 0 Å². The van der Waals surface area contributed by atoms with Gasteiger partial charge in [0.15, 0.2) is 5.82 Å². The van der Waals surface area contributed by atoms with Crippen molar-refractivity contribution in [3.63, 3.8) is 0 Å². The highest BCUT2D eigenvalue weighted by Gasteiger charge is 2.23. The van der Waals surface area contributed by atoms with Gasteiger partial charge < -0.3 is 5.32 Å². The zero-order valence-corrected chi connectivity index (χ0v) is 6.45. The lowest BCUT2D eigenvalue weighted by molar-refractivity contribution is -0.120. The topological polar surface area (TPSA) is 83.6 Å². The fourth-order valence-corrected chi connectivity index (χ4v) is 0.907. The first-order chi connectivity index (χ1) is 5.84. The summed E-state index contributed by atoms with van der Waals surface area (Å²) < 4.78 is 0. The van der Waals surface area contributed by atoms with Crippen LogP contribution >= 0.6 is 0 Å². The maximum absolute atomic E-state index is 11.1. The van der Waals surface area contributed by atoms with Crippen LogP contribution in [-0.2, 0) is 11.2 Å². The van der Waals surface area contributed by atoms with Crippen molar-refractivity contribution >= 4 is 5.91 Å². The van der Waals surface area contributed by atoms with Crippen molar-refractivity contribution in [2.24, 2.45) is 0 Å². The zero-order chi connectivity index (χ0) is 8.39. The molecular formula is C6H9N5O. The smallest absolute Gasteiger partial charge is 0.228 e. The second kappa shape index (κ2) is 2.88. The molecule has 6 heteroatoms. The number of carbonyl (C=O) groups excluding carboxylic acids is 1. The Morgan fingerprint density at radius 1 is 1.67 bits per heavy atom. The predicted octanol–water partition coefficient (Wildman–Crippen LogP) is -0.979. The Hall–Kier alpha value is -1.46. The van der Waals surface area contributed by atoms with E-state index < -0.39 is 0 Å². The van der Waals surface area contributed by atoms with Gasteiger partial charge in [-0.2, -0.15) is 5.21 Å². The van der Waals surface area contributed by atoms with E-state index in [0.717, 1.165) is 12.8 Å². The summed E-state index contributed by atoms with van der Waals surface area (Å²) in [6, 6.07) is 0.393. The number of aromatic nitrogens is 4. The normalized spacial score (nSPS) is 16.0. The Balaban J connectivity index is 1.82. The summed E-state index contributed by atoms with van der Waals surface area (Å²) in [7, 11) is 0. The molecule has 1 amide bonds. The molecule has 1 aliphatic carbocycles. The molecule has 1 fully saturated rings. The van der Waals surface area contributed by atoms with E-state index in [1.807, 2.05) is 0 Å². The molecule has 6 nitrogen and oxygen atoms in total. The van der Waals surface area contributed by atoms with Crippen LogP contribution in [0.4, 0.5) is 0 Å². The summed E-state index contributed by atoms with van der Waals surface area (Å²) in [5.74, 6) is 0.409. The molecule has 1 aromatic rings. The van der Waals surface area contributed by atoms with Crippen LogP contribution in [0.1, 0.15) is 18.7 Å². The lowest BCUT2D eigenvalue weighted by atomic mass is 10.4. The SMILES string of the molecule is O=C(Cc1nn[nH]n1)NC1CC1. The summed E-state index contributed by atoms with van der Waals surface area (Å²) >= 11 is 0. The van der Waals surface area contributed by atoms with E-state index in [1.54, 1.807) is 0 Å². The lowest BCUT2D eigenvalue weighted by Crippen LogP contribution is -2.27. The van der Waals surface area contributed by atoms with Crippen LogP contribution in [0.5, 0.6) is 0 Å². The number of carbonyl (C=O) groups is 1. The van der Waals surface area contributed by atoms with Crippen molar-refractivity contribution in [3.05, 3.63) is 5.82 Å². The number of aromatic amines is 1. The third-order valence-electron chi connectivity index (χ3n) is 1.65. The zero-order valence-electron chi connectivity index (χ0n) is 6.45. The van der Waals surface area contributed by atoms with E-state index in [2.05, 4.69) is 25.9 Å². The van der Waals surface area contributed by atoms with Crippen molar-refractivity contribution in [2.75, 3.05) is 0 Å². The average molecular weight is 167 g/mol. The summed E-state index contributed by atoms with van der Waals surface area (Å²) in [6.45, 7) is 0. The van der Waals surface area contributed by atoms with Crippen molar-refractivity contribution in [2.45, 2.75) is 25.3 Å². The second-order valence-electron chi connectivity index (χ2n) is 2.85. The quantitative estimate of drug-likeness (QED) is 0.606. The van der Waals surface area contributed by atoms with Gasteiger partial charge in [0.1, 0.15) is 0 Å². The summed E-state index contributed by atoms with van der Waals surface area (Å²) in [5, 5.41) is 15.8. The summed E-state index contributed by atoms with van der Waals surface area (Å²) in [6.07, 6.45) is 2.41. The van der Waals surface area contributed by atoms with Crippen LogP contribution in [0.15, 0.2) is 0 Å². The number of nitrogens with one attached hydrogen (secondary N) is 2. The molecule has 0 radical (unpaired) electrons. The molecule has 64 valence electrons. The van der Waals surface area contributed by atoms with E-state index in [-0.39, 0.29) is 12.3 Å². The molecule has 0 bridgehead atoms. The molecule has 2 N–H and O–H groups in total. The van der Waals surface area contributed by atoms with Crippen LogP contribution in [0.2, 0.25) is 0 Å². The number of tetrazole rings is 1. The van der Waals surface area contributed by atoms with E-state index in [9.17, 15) is 4.79 Å². The van der Waals surface area contributed by atoms with E-state index in [1.165, 1.54) is 0 Å². The fourth-order valence-electron chi connectivity index (χ4n) is 0.907. The Morgan fingerprint density at radius 3 is 3.08 bits per heavy atom. The van der Waals surface area contributed by atoms with Crippen LogP contribution < -0.4 is 5.32 Å². The molecule has 1 saturated carbocycles. The molecule has 0 atom stereocenters. The molecule has 0 aromatic carbocycles. The highest BCUT2D eigenvalue weighted by molar-refractivity contribution is 5.78. The highest BCUT2D eigenvalue weighted by Crippen LogP contribution is 2.18. The molecule has 1 heterocycles. The van der Waals surface area contributed by atoms with Gasteiger partial charge in [0.25, 0.3) is 0 Å². The minimum atomic E-state index is -0.0288. The van der Waals surface area contributed by atoms with Gasteiger partial charge in [-0.05, 0) is 12.8 Å². The maximum atomic E-state index is 11.1. The average Bonchev–Trinajstić information content (AvgIpc) is 2.66. The Morgan fingerprint density at radius 2 is 2.50 bits per heavy atom. The van der Waals surface area contributed by atoms with Gasteiger partial charge in [-0.3, -0.25) is 4.79 Å². The second-order valence-corrected chi connectivity index (χ2v) is 2.85. The van der Waals surface area contributed by atoms with Crippen LogP contribution in [0.25, 0.3) is 0 Å². The van der Waals surface area contributed by atoms with Crippen molar-refractivity contribution in [1.82, 2.24) is 25.9 Å². The van der Waals surface area contributed by atoms with Crippen LogP contribution in [-0.4, -0.2) is 32.6 Å². The van der Waals surface area contributed by atoms with Gasteiger partial charge in [-0.1, -0.05) is 5.21 Å². The van der Waals surface area contributed by atoms with E-state index >= 15 is 0 Å². The van der Waals surface area contributed by atoms with Crippen LogP contribution in [0.3, 0.4) is 0 Å². The molecule has 1 aromatic heterocycles. The molecule has 0 unspecified atom stereocenters. The van der Waals surface area contributed by atoms with Gasteiger partial charge in [-0.15, -0.1) is 10.2 Å². The van der Waals surface area contributed by atoms with Gasteiger partial charge >= 0.3 is 0 Å². The highest BCUT2D eigenvalue weighted by atomic mass is 16.1.